The molecule has 0 aliphatic heterocycles. The Bertz CT molecular complexity index is 875. The molecule has 0 saturated heterocycles. The van der Waals surface area contributed by atoms with Crippen molar-refractivity contribution in [2.24, 2.45) is 0 Å². The van der Waals surface area contributed by atoms with Crippen LogP contribution in [0.25, 0.3) is 0 Å². The summed E-state index contributed by atoms with van der Waals surface area (Å²) in [5.74, 6) is 0.499. The van der Waals surface area contributed by atoms with Gasteiger partial charge in [0.15, 0.2) is 0 Å². The van der Waals surface area contributed by atoms with E-state index in [-0.39, 0.29) is 24.1 Å². The van der Waals surface area contributed by atoms with Crippen molar-refractivity contribution in [2.45, 2.75) is 45.0 Å². The largest absolute Gasteiger partial charge is 0.354 e. The summed E-state index contributed by atoms with van der Waals surface area (Å²) in [7, 11) is 0. The molecule has 1 atom stereocenters. The minimum absolute atomic E-state index is 0.147. The van der Waals surface area contributed by atoms with Crippen LogP contribution in [-0.2, 0) is 21.9 Å². The average Bonchev–Trinajstić information content (AvgIpc) is 2.75. The van der Waals surface area contributed by atoms with E-state index >= 15 is 0 Å². The lowest BCUT2D eigenvalue weighted by Gasteiger charge is -2.31. The zero-order chi connectivity index (χ0) is 22.8. The highest BCUT2D eigenvalue weighted by molar-refractivity contribution is 7.99. The molecule has 31 heavy (non-hydrogen) atoms. The lowest BCUT2D eigenvalue weighted by atomic mass is 10.1. The van der Waals surface area contributed by atoms with Crippen LogP contribution in [0.1, 0.15) is 37.8 Å². The molecule has 0 aliphatic carbocycles. The summed E-state index contributed by atoms with van der Waals surface area (Å²) in [5.41, 5.74) is 1.60. The fraction of sp³-hybridized carbons (Fsp3) is 0.391. The molecule has 0 fully saturated rings. The van der Waals surface area contributed by atoms with Crippen molar-refractivity contribution in [3.05, 3.63) is 68.7 Å². The number of hydrogen-bond donors (Lipinski definition) is 1. The van der Waals surface area contributed by atoms with Crippen molar-refractivity contribution in [3.8, 4) is 0 Å². The van der Waals surface area contributed by atoms with Crippen LogP contribution in [0.4, 0.5) is 0 Å². The van der Waals surface area contributed by atoms with Gasteiger partial charge in [-0.1, -0.05) is 72.9 Å². The fourth-order valence-electron chi connectivity index (χ4n) is 3.09. The lowest BCUT2D eigenvalue weighted by Crippen LogP contribution is -2.49. The smallest absolute Gasteiger partial charge is 0.242 e. The standard InChI is InChI=1S/C23H27Cl3N2O2S/c1-3-12-27-23(30)21(4-2)28(13-17-19(25)10-7-11-20(17)26)22(29)15-31-14-16-8-5-6-9-18(16)24/h5-11,21H,3-4,12-15H2,1-2H3,(H,27,30). The van der Waals surface area contributed by atoms with Crippen LogP contribution >= 0.6 is 46.6 Å². The Labute approximate surface area is 203 Å². The van der Waals surface area contributed by atoms with Crippen LogP contribution < -0.4 is 5.32 Å². The molecule has 1 N–H and O–H groups in total. The number of thioether (sulfide) groups is 1. The third kappa shape index (κ3) is 7.60. The molecule has 0 bridgehead atoms. The van der Waals surface area contributed by atoms with Crippen LogP contribution in [0, 0.1) is 0 Å². The summed E-state index contributed by atoms with van der Waals surface area (Å²) >= 11 is 20.4. The average molecular weight is 502 g/mol. The van der Waals surface area contributed by atoms with Gasteiger partial charge >= 0.3 is 0 Å². The number of amides is 2. The monoisotopic (exact) mass is 500 g/mol. The Hall–Kier alpha value is -1.40. The van der Waals surface area contributed by atoms with Gasteiger partial charge in [0.1, 0.15) is 6.04 Å². The van der Waals surface area contributed by atoms with Gasteiger partial charge < -0.3 is 10.2 Å². The Morgan fingerprint density at radius 1 is 1.00 bits per heavy atom. The molecule has 0 spiro atoms. The van der Waals surface area contributed by atoms with Gasteiger partial charge in [-0.2, -0.15) is 0 Å². The van der Waals surface area contributed by atoms with Crippen molar-refractivity contribution in [3.63, 3.8) is 0 Å². The third-order valence-corrected chi connectivity index (χ3v) is 6.81. The van der Waals surface area contributed by atoms with E-state index in [4.69, 9.17) is 34.8 Å². The maximum Gasteiger partial charge on any atom is 0.242 e. The van der Waals surface area contributed by atoms with E-state index in [9.17, 15) is 9.59 Å². The minimum atomic E-state index is -0.604. The number of benzene rings is 2. The van der Waals surface area contributed by atoms with Crippen LogP contribution in [0.2, 0.25) is 15.1 Å². The van der Waals surface area contributed by atoms with E-state index in [2.05, 4.69) is 5.32 Å². The van der Waals surface area contributed by atoms with E-state index in [1.165, 1.54) is 11.8 Å². The second-order valence-electron chi connectivity index (χ2n) is 7.02. The number of carbonyl (C=O) groups excluding carboxylic acids is 2. The number of halogens is 3. The lowest BCUT2D eigenvalue weighted by molar-refractivity contribution is -0.139. The molecule has 2 aromatic rings. The van der Waals surface area contributed by atoms with Crippen molar-refractivity contribution in [2.75, 3.05) is 12.3 Å². The summed E-state index contributed by atoms with van der Waals surface area (Å²) in [6, 6.07) is 12.2. The van der Waals surface area contributed by atoms with Gasteiger partial charge in [-0.05, 0) is 36.6 Å². The molecule has 0 saturated carbocycles. The maximum absolute atomic E-state index is 13.2. The van der Waals surface area contributed by atoms with Crippen LogP contribution in [0.15, 0.2) is 42.5 Å². The van der Waals surface area contributed by atoms with Crippen LogP contribution in [0.3, 0.4) is 0 Å². The van der Waals surface area contributed by atoms with Gasteiger partial charge in [0.2, 0.25) is 11.8 Å². The summed E-state index contributed by atoms with van der Waals surface area (Å²) in [6.45, 7) is 4.61. The summed E-state index contributed by atoms with van der Waals surface area (Å²) in [5, 5.41) is 4.51. The van der Waals surface area contributed by atoms with Crippen LogP contribution in [-0.4, -0.2) is 35.1 Å². The molecule has 1 unspecified atom stereocenters. The molecule has 2 rings (SSSR count). The SMILES string of the molecule is CCCNC(=O)C(CC)N(Cc1c(Cl)cccc1Cl)C(=O)CSCc1ccccc1Cl. The summed E-state index contributed by atoms with van der Waals surface area (Å²) in [4.78, 5) is 27.6. The highest BCUT2D eigenvalue weighted by Crippen LogP contribution is 2.28. The van der Waals surface area contributed by atoms with E-state index < -0.39 is 6.04 Å². The number of rotatable bonds is 11. The molecule has 0 aliphatic rings. The Morgan fingerprint density at radius 3 is 2.26 bits per heavy atom. The number of nitrogens with zero attached hydrogens (tertiary/aromatic N) is 1. The summed E-state index contributed by atoms with van der Waals surface area (Å²) < 4.78 is 0. The van der Waals surface area contributed by atoms with Gasteiger partial charge in [0, 0.05) is 39.5 Å². The molecule has 8 heteroatoms. The predicted octanol–water partition coefficient (Wildman–Crippen LogP) is 6.21. The quantitative estimate of drug-likeness (QED) is 0.398. The maximum atomic E-state index is 13.2. The van der Waals surface area contributed by atoms with Crippen molar-refractivity contribution in [1.82, 2.24) is 10.2 Å². The normalized spacial score (nSPS) is 11.8. The molecule has 0 radical (unpaired) electrons. The first-order valence-corrected chi connectivity index (χ1v) is 12.5. The van der Waals surface area contributed by atoms with Gasteiger partial charge in [0.05, 0.1) is 5.75 Å². The highest BCUT2D eigenvalue weighted by atomic mass is 35.5. The van der Waals surface area contributed by atoms with E-state index in [0.717, 1.165) is 12.0 Å². The molecular formula is C23H27Cl3N2O2S. The second-order valence-corrected chi connectivity index (χ2v) is 9.23. The van der Waals surface area contributed by atoms with Crippen molar-refractivity contribution in [1.29, 1.82) is 0 Å². The van der Waals surface area contributed by atoms with E-state index in [1.807, 2.05) is 38.1 Å². The minimum Gasteiger partial charge on any atom is -0.354 e. The predicted molar refractivity (Wildman–Crippen MR) is 132 cm³/mol. The molecule has 4 nitrogen and oxygen atoms in total. The first-order valence-electron chi connectivity index (χ1n) is 10.2. The molecular weight excluding hydrogens is 475 g/mol. The van der Waals surface area contributed by atoms with Gasteiger partial charge in [-0.3, -0.25) is 9.59 Å². The Morgan fingerprint density at radius 2 is 1.65 bits per heavy atom. The highest BCUT2D eigenvalue weighted by Gasteiger charge is 2.29. The Balaban J connectivity index is 2.19. The second kappa shape index (κ2) is 13.2. The third-order valence-electron chi connectivity index (χ3n) is 4.77. The van der Waals surface area contributed by atoms with Crippen molar-refractivity contribution >= 4 is 58.4 Å². The van der Waals surface area contributed by atoms with Gasteiger partial charge in [0.25, 0.3) is 0 Å². The number of carbonyl (C=O) groups is 2. The Kier molecular flexibility index (Phi) is 11.0. The molecule has 2 aromatic carbocycles. The summed E-state index contributed by atoms with van der Waals surface area (Å²) in [6.07, 6.45) is 1.30. The first kappa shape index (κ1) is 25.9. The number of nitrogens with one attached hydrogen (secondary N) is 1. The molecule has 168 valence electrons. The van der Waals surface area contributed by atoms with Gasteiger partial charge in [-0.25, -0.2) is 0 Å². The van der Waals surface area contributed by atoms with E-state index in [1.54, 1.807) is 23.1 Å². The molecule has 0 aromatic heterocycles. The molecule has 0 heterocycles. The van der Waals surface area contributed by atoms with Crippen LogP contribution in [0.5, 0.6) is 0 Å². The fourth-order valence-corrected chi connectivity index (χ4v) is 4.80. The van der Waals surface area contributed by atoms with Gasteiger partial charge in [-0.15, -0.1) is 11.8 Å². The first-order chi connectivity index (χ1) is 14.9. The molecule has 2 amide bonds. The van der Waals surface area contributed by atoms with Crippen molar-refractivity contribution < 1.29 is 9.59 Å². The number of hydrogen-bond acceptors (Lipinski definition) is 3. The van der Waals surface area contributed by atoms with E-state index in [0.29, 0.717) is 39.3 Å². The zero-order valence-electron chi connectivity index (χ0n) is 17.7. The zero-order valence-corrected chi connectivity index (χ0v) is 20.8. The topological polar surface area (TPSA) is 49.4 Å².